The van der Waals surface area contributed by atoms with Gasteiger partial charge in [0, 0.05) is 19.3 Å². The molecule has 1 atom stereocenters. The Morgan fingerprint density at radius 1 is 0.284 bits per heavy atom. The van der Waals surface area contributed by atoms with Crippen LogP contribution in [0.25, 0.3) is 0 Å². The number of rotatable bonds is 56. The molecule has 0 aromatic carbocycles. The zero-order chi connectivity index (χ0) is 48.6. The summed E-state index contributed by atoms with van der Waals surface area (Å²) in [6.45, 7) is 6.69. The second-order valence-electron chi connectivity index (χ2n) is 20.6. The third-order valence-corrected chi connectivity index (χ3v) is 13.8. The van der Waals surface area contributed by atoms with Crippen LogP contribution >= 0.6 is 0 Å². The van der Waals surface area contributed by atoms with Crippen LogP contribution in [0.2, 0.25) is 0 Å². The Morgan fingerprint density at radius 3 is 0.746 bits per heavy atom. The molecule has 0 N–H and O–H groups in total. The lowest BCUT2D eigenvalue weighted by molar-refractivity contribution is -0.167. The fraction of sp³-hybridized carbons (Fsp3) is 0.918. The van der Waals surface area contributed by atoms with Gasteiger partial charge >= 0.3 is 17.9 Å². The summed E-state index contributed by atoms with van der Waals surface area (Å²) in [5.74, 6) is -0.851. The van der Waals surface area contributed by atoms with Crippen molar-refractivity contribution >= 4 is 17.9 Å². The summed E-state index contributed by atoms with van der Waals surface area (Å²) in [5, 5.41) is 0. The lowest BCUT2D eigenvalue weighted by atomic mass is 10.0. The summed E-state index contributed by atoms with van der Waals surface area (Å²) in [5.41, 5.74) is 0. The molecule has 0 amide bonds. The Kier molecular flexibility index (Phi) is 55.2. The van der Waals surface area contributed by atoms with E-state index in [1.807, 2.05) is 0 Å². The van der Waals surface area contributed by atoms with E-state index in [2.05, 4.69) is 32.9 Å². The van der Waals surface area contributed by atoms with E-state index in [0.29, 0.717) is 19.3 Å². The van der Waals surface area contributed by atoms with Crippen molar-refractivity contribution in [2.24, 2.45) is 0 Å². The van der Waals surface area contributed by atoms with E-state index in [1.165, 1.54) is 238 Å². The summed E-state index contributed by atoms with van der Waals surface area (Å²) in [6.07, 6.45) is 65.0. The number of carbonyl (C=O) groups is 3. The van der Waals surface area contributed by atoms with E-state index in [0.717, 1.165) is 64.2 Å². The fourth-order valence-electron chi connectivity index (χ4n) is 9.21. The normalized spacial score (nSPS) is 12.0. The van der Waals surface area contributed by atoms with Gasteiger partial charge in [-0.15, -0.1) is 0 Å². The highest BCUT2D eigenvalue weighted by Gasteiger charge is 2.19. The van der Waals surface area contributed by atoms with E-state index in [1.54, 1.807) is 0 Å². The number of unbranched alkanes of at least 4 members (excludes halogenated alkanes) is 43. The quantitative estimate of drug-likeness (QED) is 0.0262. The molecule has 0 saturated heterocycles. The molecule has 396 valence electrons. The molecule has 0 aliphatic heterocycles. The smallest absolute Gasteiger partial charge is 0.306 e. The first kappa shape index (κ1) is 65.1. The number of hydrogen-bond acceptors (Lipinski definition) is 6. The topological polar surface area (TPSA) is 78.9 Å². The summed E-state index contributed by atoms with van der Waals surface area (Å²) >= 11 is 0. The molecule has 0 radical (unpaired) electrons. The van der Waals surface area contributed by atoms with Crippen LogP contribution in [0.4, 0.5) is 0 Å². The first-order valence-electron chi connectivity index (χ1n) is 30.2. The van der Waals surface area contributed by atoms with Gasteiger partial charge in [-0.2, -0.15) is 0 Å². The van der Waals surface area contributed by atoms with Gasteiger partial charge in [0.25, 0.3) is 0 Å². The zero-order valence-electron chi connectivity index (χ0n) is 45.5. The monoisotopic (exact) mass is 945 g/mol. The summed E-state index contributed by atoms with van der Waals surface area (Å²) in [7, 11) is 0. The zero-order valence-corrected chi connectivity index (χ0v) is 45.5. The van der Waals surface area contributed by atoms with Crippen LogP contribution in [-0.4, -0.2) is 37.2 Å². The summed E-state index contributed by atoms with van der Waals surface area (Å²) in [4.78, 5) is 38.1. The van der Waals surface area contributed by atoms with Gasteiger partial charge in [-0.3, -0.25) is 14.4 Å². The second kappa shape index (κ2) is 56.7. The van der Waals surface area contributed by atoms with Gasteiger partial charge in [0.1, 0.15) is 13.2 Å². The molecule has 0 heterocycles. The second-order valence-corrected chi connectivity index (χ2v) is 20.6. The van der Waals surface area contributed by atoms with Crippen molar-refractivity contribution in [3.63, 3.8) is 0 Å². The highest BCUT2D eigenvalue weighted by Crippen LogP contribution is 2.18. The maximum absolute atomic E-state index is 12.8. The van der Waals surface area contributed by atoms with Crippen LogP contribution in [0.3, 0.4) is 0 Å². The Hall–Kier alpha value is -1.85. The van der Waals surface area contributed by atoms with Crippen molar-refractivity contribution in [1.29, 1.82) is 0 Å². The van der Waals surface area contributed by atoms with Crippen molar-refractivity contribution in [2.75, 3.05) is 13.2 Å². The first-order valence-corrected chi connectivity index (χ1v) is 30.2. The van der Waals surface area contributed by atoms with Crippen LogP contribution in [0.5, 0.6) is 0 Å². The van der Waals surface area contributed by atoms with Gasteiger partial charge in [0.2, 0.25) is 0 Å². The molecule has 1 unspecified atom stereocenters. The van der Waals surface area contributed by atoms with E-state index < -0.39 is 6.10 Å². The molecule has 0 fully saturated rings. The van der Waals surface area contributed by atoms with E-state index in [4.69, 9.17) is 14.2 Å². The summed E-state index contributed by atoms with van der Waals surface area (Å²) in [6, 6.07) is 0. The van der Waals surface area contributed by atoms with E-state index >= 15 is 0 Å². The maximum atomic E-state index is 12.8. The van der Waals surface area contributed by atoms with Gasteiger partial charge < -0.3 is 14.2 Å². The average Bonchev–Trinajstić information content (AvgIpc) is 3.33. The molecule has 0 aromatic heterocycles. The van der Waals surface area contributed by atoms with Crippen LogP contribution in [0.1, 0.15) is 342 Å². The van der Waals surface area contributed by atoms with Crippen LogP contribution < -0.4 is 0 Å². The van der Waals surface area contributed by atoms with Gasteiger partial charge in [-0.05, 0) is 44.9 Å². The molecule has 0 saturated carbocycles. The predicted molar refractivity (Wildman–Crippen MR) is 289 cm³/mol. The molecule has 0 aromatic rings. The van der Waals surface area contributed by atoms with Gasteiger partial charge in [0.05, 0.1) is 0 Å². The van der Waals surface area contributed by atoms with Crippen molar-refractivity contribution in [2.45, 2.75) is 348 Å². The number of hydrogen-bond donors (Lipinski definition) is 0. The largest absolute Gasteiger partial charge is 0.462 e. The van der Waals surface area contributed by atoms with Crippen molar-refractivity contribution < 1.29 is 28.6 Å². The Labute approximate surface area is 418 Å². The highest BCUT2D eigenvalue weighted by atomic mass is 16.6. The summed E-state index contributed by atoms with van der Waals surface area (Å²) < 4.78 is 16.9. The third-order valence-electron chi connectivity index (χ3n) is 13.8. The predicted octanol–water partition coefficient (Wildman–Crippen LogP) is 20.1. The third kappa shape index (κ3) is 55.0. The molecule has 0 spiro atoms. The minimum atomic E-state index is -0.768. The molecule has 6 heteroatoms. The van der Waals surface area contributed by atoms with E-state index in [-0.39, 0.29) is 31.1 Å². The number of esters is 3. The Bertz CT molecular complexity index is 1040. The molecule has 67 heavy (non-hydrogen) atoms. The molecular formula is C61H116O6. The number of carbonyl (C=O) groups excluding carboxylic acids is 3. The molecule has 0 bridgehead atoms. The minimum Gasteiger partial charge on any atom is -0.462 e. The highest BCUT2D eigenvalue weighted by molar-refractivity contribution is 5.71. The van der Waals surface area contributed by atoms with Gasteiger partial charge in [0.15, 0.2) is 6.10 Å². The standard InChI is InChI=1S/C61H116O6/c1-4-7-10-13-16-19-22-25-27-28-29-30-31-32-33-35-36-39-42-45-48-51-54-60(63)66-57-58(56-65-59(62)53-50-47-44-41-38-24-21-18-15-12-9-6-3)67-61(64)55-52-49-46-43-40-37-34-26-23-20-17-14-11-8-5-2/h26,34,58H,4-25,27-33,35-57H2,1-3H3/b34-26-. The Morgan fingerprint density at radius 2 is 0.493 bits per heavy atom. The van der Waals surface area contributed by atoms with Crippen molar-refractivity contribution in [3.8, 4) is 0 Å². The molecule has 0 rings (SSSR count). The lowest BCUT2D eigenvalue weighted by Crippen LogP contribution is -2.30. The first-order chi connectivity index (χ1) is 33.0. The van der Waals surface area contributed by atoms with E-state index in [9.17, 15) is 14.4 Å². The Balaban J connectivity index is 4.23. The van der Waals surface area contributed by atoms with Gasteiger partial charge in [-0.1, -0.05) is 290 Å². The van der Waals surface area contributed by atoms with Gasteiger partial charge in [-0.25, -0.2) is 0 Å². The number of ether oxygens (including phenoxy) is 3. The molecule has 6 nitrogen and oxygen atoms in total. The molecule has 0 aliphatic carbocycles. The van der Waals surface area contributed by atoms with Crippen LogP contribution in [0.15, 0.2) is 12.2 Å². The fourth-order valence-corrected chi connectivity index (χ4v) is 9.21. The number of allylic oxidation sites excluding steroid dienone is 2. The minimum absolute atomic E-state index is 0.0673. The SMILES string of the molecule is CCCCCCCC/C=C\CCCCCCCC(=O)OC(COC(=O)CCCCCCCCCCCCCC)COC(=O)CCCCCCCCCCCCCCCCCCCCCCCC. The van der Waals surface area contributed by atoms with Crippen LogP contribution in [-0.2, 0) is 28.6 Å². The maximum Gasteiger partial charge on any atom is 0.306 e. The van der Waals surface area contributed by atoms with Crippen molar-refractivity contribution in [1.82, 2.24) is 0 Å². The average molecular weight is 946 g/mol. The lowest BCUT2D eigenvalue weighted by Gasteiger charge is -2.18. The van der Waals surface area contributed by atoms with Crippen LogP contribution in [0, 0.1) is 0 Å². The molecular weight excluding hydrogens is 829 g/mol. The van der Waals surface area contributed by atoms with Crippen molar-refractivity contribution in [3.05, 3.63) is 12.2 Å². The molecule has 0 aliphatic rings.